The number of hydrogen-bond acceptors (Lipinski definition) is 3. The first-order valence-corrected chi connectivity index (χ1v) is 10.4. The molecule has 1 spiro atoms. The SMILES string of the molecule is COc1ccc(NC(=O)[C@H]2CC23CCN(C(=O)C#Cc2ccccc2)CC3)cc1Cl. The lowest BCUT2D eigenvalue weighted by Crippen LogP contribution is -2.39. The van der Waals surface area contributed by atoms with E-state index in [-0.39, 0.29) is 23.1 Å². The van der Waals surface area contributed by atoms with Crippen molar-refractivity contribution in [3.63, 3.8) is 0 Å². The van der Waals surface area contributed by atoms with Gasteiger partial charge in [0.1, 0.15) is 5.75 Å². The van der Waals surface area contributed by atoms with Crippen LogP contribution in [-0.2, 0) is 9.59 Å². The van der Waals surface area contributed by atoms with Crippen molar-refractivity contribution in [3.05, 3.63) is 59.1 Å². The molecule has 6 heteroatoms. The van der Waals surface area contributed by atoms with E-state index in [1.807, 2.05) is 30.3 Å². The highest BCUT2D eigenvalue weighted by atomic mass is 35.5. The van der Waals surface area contributed by atoms with E-state index in [1.165, 1.54) is 0 Å². The maximum Gasteiger partial charge on any atom is 0.298 e. The van der Waals surface area contributed by atoms with E-state index in [1.54, 1.807) is 30.2 Å². The Morgan fingerprint density at radius 1 is 1.17 bits per heavy atom. The number of anilines is 1. The molecule has 1 N–H and O–H groups in total. The summed E-state index contributed by atoms with van der Waals surface area (Å²) in [7, 11) is 1.55. The normalized spacial score (nSPS) is 18.9. The Bertz CT molecular complexity index is 1020. The summed E-state index contributed by atoms with van der Waals surface area (Å²) in [5.74, 6) is 6.07. The molecule has 5 nitrogen and oxygen atoms in total. The summed E-state index contributed by atoms with van der Waals surface area (Å²) in [4.78, 5) is 26.9. The molecule has 2 aromatic rings. The van der Waals surface area contributed by atoms with Crippen molar-refractivity contribution in [2.45, 2.75) is 19.3 Å². The van der Waals surface area contributed by atoms with E-state index < -0.39 is 0 Å². The first kappa shape index (κ1) is 20.3. The van der Waals surface area contributed by atoms with Crippen LogP contribution >= 0.6 is 11.6 Å². The molecule has 2 aromatic carbocycles. The summed E-state index contributed by atoms with van der Waals surface area (Å²) in [6.07, 6.45) is 2.51. The lowest BCUT2D eigenvalue weighted by Gasteiger charge is -2.31. The fourth-order valence-electron chi connectivity index (χ4n) is 4.13. The molecule has 0 radical (unpaired) electrons. The second kappa shape index (κ2) is 8.41. The number of methoxy groups -OCH3 is 1. The minimum Gasteiger partial charge on any atom is -0.495 e. The van der Waals surface area contributed by atoms with Gasteiger partial charge in [-0.25, -0.2) is 0 Å². The number of nitrogens with zero attached hydrogens (tertiary/aromatic N) is 1. The third-order valence-corrected chi connectivity index (χ3v) is 6.35. The van der Waals surface area contributed by atoms with Crippen molar-refractivity contribution < 1.29 is 14.3 Å². The van der Waals surface area contributed by atoms with Crippen LogP contribution < -0.4 is 10.1 Å². The number of amides is 2. The average molecular weight is 423 g/mol. The number of likely N-dealkylation sites (tertiary alicyclic amines) is 1. The Labute approximate surface area is 181 Å². The van der Waals surface area contributed by atoms with Gasteiger partial charge in [0, 0.05) is 36.2 Å². The van der Waals surface area contributed by atoms with Gasteiger partial charge in [0.2, 0.25) is 5.91 Å². The zero-order valence-electron chi connectivity index (χ0n) is 16.8. The molecule has 1 aliphatic heterocycles. The minimum atomic E-state index is -0.150. The largest absolute Gasteiger partial charge is 0.495 e. The summed E-state index contributed by atoms with van der Waals surface area (Å²) >= 11 is 6.14. The molecular weight excluding hydrogens is 400 g/mol. The van der Waals surface area contributed by atoms with E-state index in [4.69, 9.17) is 16.3 Å². The number of carbonyl (C=O) groups excluding carboxylic acids is 2. The molecule has 154 valence electrons. The quantitative estimate of drug-likeness (QED) is 0.761. The van der Waals surface area contributed by atoms with Crippen molar-refractivity contribution in [3.8, 4) is 17.6 Å². The number of piperidine rings is 1. The van der Waals surface area contributed by atoms with Gasteiger partial charge in [-0.05, 0) is 55.0 Å². The third-order valence-electron chi connectivity index (χ3n) is 6.06. The number of rotatable bonds is 3. The zero-order chi connectivity index (χ0) is 21.1. The van der Waals surface area contributed by atoms with Crippen LogP contribution in [0.1, 0.15) is 24.8 Å². The Balaban J connectivity index is 1.30. The topological polar surface area (TPSA) is 58.6 Å². The van der Waals surface area contributed by atoms with E-state index >= 15 is 0 Å². The van der Waals surface area contributed by atoms with Crippen LogP contribution in [0.25, 0.3) is 0 Å². The van der Waals surface area contributed by atoms with Gasteiger partial charge < -0.3 is 15.0 Å². The molecule has 2 amide bonds. The van der Waals surface area contributed by atoms with Gasteiger partial charge in [0.25, 0.3) is 5.91 Å². The number of carbonyl (C=O) groups is 2. The van der Waals surface area contributed by atoms with Crippen molar-refractivity contribution in [1.29, 1.82) is 0 Å². The highest BCUT2D eigenvalue weighted by Gasteiger charge is 2.58. The molecule has 30 heavy (non-hydrogen) atoms. The van der Waals surface area contributed by atoms with Crippen molar-refractivity contribution in [2.75, 3.05) is 25.5 Å². The Morgan fingerprint density at radius 3 is 2.57 bits per heavy atom. The van der Waals surface area contributed by atoms with Crippen LogP contribution in [0.3, 0.4) is 0 Å². The highest BCUT2D eigenvalue weighted by Crippen LogP contribution is 2.59. The van der Waals surface area contributed by atoms with Crippen LogP contribution in [0.4, 0.5) is 5.69 Å². The molecular formula is C24H23ClN2O3. The summed E-state index contributed by atoms with van der Waals surface area (Å²) in [5.41, 5.74) is 1.50. The van der Waals surface area contributed by atoms with E-state index in [0.717, 1.165) is 24.8 Å². The van der Waals surface area contributed by atoms with Crippen LogP contribution in [0, 0.1) is 23.2 Å². The van der Waals surface area contributed by atoms with E-state index in [9.17, 15) is 9.59 Å². The first-order valence-electron chi connectivity index (χ1n) is 10.0. The highest BCUT2D eigenvalue weighted by molar-refractivity contribution is 6.32. The summed E-state index contributed by atoms with van der Waals surface area (Å²) in [6.45, 7) is 1.28. The Kier molecular flexibility index (Phi) is 5.69. The fraction of sp³-hybridized carbons (Fsp3) is 0.333. The van der Waals surface area contributed by atoms with E-state index in [2.05, 4.69) is 17.2 Å². The molecule has 1 saturated carbocycles. The van der Waals surface area contributed by atoms with Crippen molar-refractivity contribution >= 4 is 29.1 Å². The standard InChI is InChI=1S/C24H23ClN2O3/c1-30-21-9-8-18(15-20(21)25)26-23(29)19-16-24(19)11-13-27(14-12-24)22(28)10-7-17-5-3-2-4-6-17/h2-6,8-9,15,19H,11-14,16H2,1H3,(H,26,29)/t19-/m1/s1. The van der Waals surface area contributed by atoms with Gasteiger partial charge in [-0.3, -0.25) is 9.59 Å². The van der Waals surface area contributed by atoms with Gasteiger partial charge >= 0.3 is 0 Å². The van der Waals surface area contributed by atoms with Crippen LogP contribution in [0.15, 0.2) is 48.5 Å². The molecule has 0 bridgehead atoms. The minimum absolute atomic E-state index is 0.00396. The molecule has 4 rings (SSSR count). The van der Waals surface area contributed by atoms with Crippen LogP contribution in [0.2, 0.25) is 5.02 Å². The lowest BCUT2D eigenvalue weighted by atomic mass is 9.90. The second-order valence-corrected chi connectivity index (χ2v) is 8.27. The number of hydrogen-bond donors (Lipinski definition) is 1. The molecule has 1 atom stereocenters. The van der Waals surface area contributed by atoms with Gasteiger partial charge in [0.15, 0.2) is 0 Å². The third kappa shape index (κ3) is 4.29. The van der Waals surface area contributed by atoms with Gasteiger partial charge in [-0.1, -0.05) is 35.7 Å². The van der Waals surface area contributed by atoms with Crippen LogP contribution in [0.5, 0.6) is 5.75 Å². The summed E-state index contributed by atoms with van der Waals surface area (Å²) in [6, 6.07) is 14.7. The molecule has 0 unspecified atom stereocenters. The first-order chi connectivity index (χ1) is 14.5. The fourth-order valence-corrected chi connectivity index (χ4v) is 4.38. The number of halogens is 1. The predicted molar refractivity (Wildman–Crippen MR) is 116 cm³/mol. The summed E-state index contributed by atoms with van der Waals surface area (Å²) < 4.78 is 5.14. The Hall–Kier alpha value is -2.97. The zero-order valence-corrected chi connectivity index (χ0v) is 17.5. The number of ether oxygens (including phenoxy) is 1. The van der Waals surface area contributed by atoms with Gasteiger partial charge in [-0.15, -0.1) is 0 Å². The summed E-state index contributed by atoms with van der Waals surface area (Å²) in [5, 5.41) is 3.42. The second-order valence-electron chi connectivity index (χ2n) is 7.87. The van der Waals surface area contributed by atoms with Crippen LogP contribution in [-0.4, -0.2) is 36.9 Å². The number of nitrogens with one attached hydrogen (secondary N) is 1. The molecule has 1 aliphatic carbocycles. The molecule has 1 heterocycles. The maximum absolute atomic E-state index is 12.7. The monoisotopic (exact) mass is 422 g/mol. The van der Waals surface area contributed by atoms with Gasteiger partial charge in [0.05, 0.1) is 12.1 Å². The van der Waals surface area contributed by atoms with Crippen molar-refractivity contribution in [2.24, 2.45) is 11.3 Å². The maximum atomic E-state index is 12.7. The van der Waals surface area contributed by atoms with Crippen molar-refractivity contribution in [1.82, 2.24) is 4.90 Å². The molecule has 2 aliphatic rings. The molecule has 1 saturated heterocycles. The average Bonchev–Trinajstić information content (AvgIpc) is 3.47. The lowest BCUT2D eigenvalue weighted by molar-refractivity contribution is -0.126. The van der Waals surface area contributed by atoms with Gasteiger partial charge in [-0.2, -0.15) is 0 Å². The molecule has 0 aromatic heterocycles. The van der Waals surface area contributed by atoms with E-state index in [0.29, 0.717) is 29.5 Å². The number of benzene rings is 2. The molecule has 2 fully saturated rings. The predicted octanol–water partition coefficient (Wildman–Crippen LogP) is 3.97. The smallest absolute Gasteiger partial charge is 0.298 e. The Morgan fingerprint density at radius 2 is 1.90 bits per heavy atom.